The van der Waals surface area contributed by atoms with E-state index in [9.17, 15) is 9.18 Å². The summed E-state index contributed by atoms with van der Waals surface area (Å²) in [5, 5.41) is 4.89. The minimum Gasteiger partial charge on any atom is -0.341 e. The molecule has 4 rings (SSSR count). The summed E-state index contributed by atoms with van der Waals surface area (Å²) in [6.07, 6.45) is 2.55. The first-order valence-corrected chi connectivity index (χ1v) is 10.0. The van der Waals surface area contributed by atoms with Gasteiger partial charge in [0, 0.05) is 32.7 Å². The smallest absolute Gasteiger partial charge is 0.263 e. The van der Waals surface area contributed by atoms with Crippen molar-refractivity contribution in [3.63, 3.8) is 0 Å². The SMILES string of the molecule is CC(C)(C)n1ncc2c(=O)[nH]c(N3CCCN(Cc4ccc(F)cc4)CC3)nc21. The van der Waals surface area contributed by atoms with Crippen LogP contribution in [-0.2, 0) is 12.1 Å². The van der Waals surface area contributed by atoms with Crippen molar-refractivity contribution in [1.82, 2.24) is 24.6 Å². The number of nitrogens with zero attached hydrogens (tertiary/aromatic N) is 5. The normalized spacial score (nSPS) is 16.3. The predicted octanol–water partition coefficient (Wildman–Crippen LogP) is 2.73. The summed E-state index contributed by atoms with van der Waals surface area (Å²) < 4.78 is 14.9. The number of hydrogen-bond acceptors (Lipinski definition) is 5. The van der Waals surface area contributed by atoms with E-state index in [2.05, 4.69) is 19.9 Å². The molecular formula is C21H27FN6O. The van der Waals surface area contributed by atoms with Gasteiger partial charge in [0.1, 0.15) is 11.2 Å². The van der Waals surface area contributed by atoms with Crippen molar-refractivity contribution in [2.45, 2.75) is 39.3 Å². The van der Waals surface area contributed by atoms with Gasteiger partial charge in [0.15, 0.2) is 5.65 Å². The van der Waals surface area contributed by atoms with Crippen LogP contribution in [0.4, 0.5) is 10.3 Å². The molecule has 1 aliphatic rings. The van der Waals surface area contributed by atoms with Crippen LogP contribution < -0.4 is 10.5 Å². The highest BCUT2D eigenvalue weighted by Gasteiger charge is 2.22. The Morgan fingerprint density at radius 1 is 1.10 bits per heavy atom. The molecule has 154 valence electrons. The van der Waals surface area contributed by atoms with Crippen LogP contribution in [-0.4, -0.2) is 50.8 Å². The molecule has 1 saturated heterocycles. The van der Waals surface area contributed by atoms with Crippen LogP contribution in [0.3, 0.4) is 0 Å². The summed E-state index contributed by atoms with van der Waals surface area (Å²) in [5.74, 6) is 0.382. The lowest BCUT2D eigenvalue weighted by Gasteiger charge is -2.23. The molecule has 0 radical (unpaired) electrons. The van der Waals surface area contributed by atoms with Crippen molar-refractivity contribution < 1.29 is 4.39 Å². The maximum absolute atomic E-state index is 13.1. The second kappa shape index (κ2) is 7.59. The number of rotatable bonds is 3. The molecule has 1 aromatic carbocycles. The van der Waals surface area contributed by atoms with Gasteiger partial charge >= 0.3 is 0 Å². The summed E-state index contributed by atoms with van der Waals surface area (Å²) >= 11 is 0. The maximum Gasteiger partial charge on any atom is 0.263 e. The average molecular weight is 398 g/mol. The Bertz CT molecular complexity index is 1050. The Hall–Kier alpha value is -2.74. The fourth-order valence-corrected chi connectivity index (χ4v) is 3.74. The second-order valence-electron chi connectivity index (χ2n) is 8.60. The van der Waals surface area contributed by atoms with Gasteiger partial charge in [-0.1, -0.05) is 12.1 Å². The third-order valence-electron chi connectivity index (χ3n) is 5.27. The molecule has 3 heterocycles. The van der Waals surface area contributed by atoms with Crippen LogP contribution in [0.25, 0.3) is 11.0 Å². The van der Waals surface area contributed by atoms with Crippen molar-refractivity contribution in [1.29, 1.82) is 0 Å². The minimum absolute atomic E-state index is 0.159. The Balaban J connectivity index is 1.54. The van der Waals surface area contributed by atoms with Crippen molar-refractivity contribution in [3.05, 3.63) is 52.2 Å². The topological polar surface area (TPSA) is 70.1 Å². The summed E-state index contributed by atoms with van der Waals surface area (Å²) in [4.78, 5) is 24.8. The van der Waals surface area contributed by atoms with Crippen molar-refractivity contribution >= 4 is 17.0 Å². The molecule has 0 unspecified atom stereocenters. The first kappa shape index (κ1) is 19.6. The molecule has 3 aromatic rings. The quantitative estimate of drug-likeness (QED) is 0.735. The van der Waals surface area contributed by atoms with Gasteiger partial charge < -0.3 is 4.90 Å². The lowest BCUT2D eigenvalue weighted by Crippen LogP contribution is -2.33. The van der Waals surface area contributed by atoms with E-state index in [1.165, 1.54) is 12.1 Å². The summed E-state index contributed by atoms with van der Waals surface area (Å²) in [6.45, 7) is 10.3. The molecule has 7 nitrogen and oxygen atoms in total. The van der Waals surface area contributed by atoms with E-state index in [-0.39, 0.29) is 16.9 Å². The first-order chi connectivity index (χ1) is 13.8. The van der Waals surface area contributed by atoms with Gasteiger partial charge in [0.05, 0.1) is 11.7 Å². The molecule has 0 aliphatic carbocycles. The number of nitrogens with one attached hydrogen (secondary N) is 1. The molecule has 1 aliphatic heterocycles. The van der Waals surface area contributed by atoms with E-state index in [0.717, 1.165) is 44.7 Å². The van der Waals surface area contributed by atoms with E-state index in [1.807, 2.05) is 32.9 Å². The Labute approximate surface area is 169 Å². The summed E-state index contributed by atoms with van der Waals surface area (Å²) in [7, 11) is 0. The number of halogens is 1. The number of fused-ring (bicyclic) bond motifs is 1. The van der Waals surface area contributed by atoms with E-state index in [0.29, 0.717) is 17.0 Å². The first-order valence-electron chi connectivity index (χ1n) is 10.0. The lowest BCUT2D eigenvalue weighted by molar-refractivity contribution is 0.285. The molecule has 1 fully saturated rings. The molecule has 1 N–H and O–H groups in total. The lowest BCUT2D eigenvalue weighted by atomic mass is 10.1. The number of aromatic amines is 1. The van der Waals surface area contributed by atoms with Crippen LogP contribution in [0.2, 0.25) is 0 Å². The highest BCUT2D eigenvalue weighted by Crippen LogP contribution is 2.20. The van der Waals surface area contributed by atoms with E-state index < -0.39 is 0 Å². The van der Waals surface area contributed by atoms with Gasteiger partial charge in [0.25, 0.3) is 5.56 Å². The van der Waals surface area contributed by atoms with Crippen LogP contribution >= 0.6 is 0 Å². The Morgan fingerprint density at radius 3 is 2.59 bits per heavy atom. The largest absolute Gasteiger partial charge is 0.341 e. The Morgan fingerprint density at radius 2 is 1.86 bits per heavy atom. The second-order valence-corrected chi connectivity index (χ2v) is 8.60. The molecule has 0 amide bonds. The number of anilines is 1. The highest BCUT2D eigenvalue weighted by atomic mass is 19.1. The average Bonchev–Trinajstić information content (AvgIpc) is 2.98. The molecule has 29 heavy (non-hydrogen) atoms. The van der Waals surface area contributed by atoms with Gasteiger partial charge in [-0.25, -0.2) is 9.07 Å². The number of aromatic nitrogens is 4. The van der Waals surface area contributed by atoms with Gasteiger partial charge in [-0.3, -0.25) is 14.7 Å². The van der Waals surface area contributed by atoms with Gasteiger partial charge in [-0.2, -0.15) is 10.1 Å². The maximum atomic E-state index is 13.1. The molecule has 2 aromatic heterocycles. The fraction of sp³-hybridized carbons (Fsp3) is 0.476. The zero-order chi connectivity index (χ0) is 20.6. The monoisotopic (exact) mass is 398 g/mol. The number of H-pyrrole nitrogens is 1. The van der Waals surface area contributed by atoms with Crippen LogP contribution in [0, 0.1) is 5.82 Å². The van der Waals surface area contributed by atoms with E-state index >= 15 is 0 Å². The van der Waals surface area contributed by atoms with Gasteiger partial charge in [-0.05, 0) is 44.9 Å². The molecular weight excluding hydrogens is 371 g/mol. The van der Waals surface area contributed by atoms with Crippen molar-refractivity contribution in [2.75, 3.05) is 31.1 Å². The fourth-order valence-electron chi connectivity index (χ4n) is 3.74. The molecule has 0 spiro atoms. The predicted molar refractivity (Wildman–Crippen MR) is 112 cm³/mol. The number of benzene rings is 1. The summed E-state index contributed by atoms with van der Waals surface area (Å²) in [6, 6.07) is 6.67. The van der Waals surface area contributed by atoms with E-state index in [4.69, 9.17) is 4.98 Å². The van der Waals surface area contributed by atoms with Gasteiger partial charge in [-0.15, -0.1) is 0 Å². The zero-order valence-electron chi connectivity index (χ0n) is 17.2. The standard InChI is InChI=1S/C21H27FN6O/c1-21(2,3)28-18-17(13-23-28)19(29)25-20(24-18)27-10-4-9-26(11-12-27)14-15-5-7-16(22)8-6-15/h5-8,13H,4,9-12,14H2,1-3H3,(H,24,25,29). The third kappa shape index (κ3) is 4.17. The number of hydrogen-bond donors (Lipinski definition) is 1. The van der Waals surface area contributed by atoms with Crippen LogP contribution in [0.5, 0.6) is 0 Å². The highest BCUT2D eigenvalue weighted by molar-refractivity contribution is 5.74. The summed E-state index contributed by atoms with van der Waals surface area (Å²) in [5.41, 5.74) is 1.29. The Kier molecular flexibility index (Phi) is 5.12. The van der Waals surface area contributed by atoms with Crippen molar-refractivity contribution in [2.24, 2.45) is 0 Å². The molecule has 0 bridgehead atoms. The molecule has 0 saturated carbocycles. The van der Waals surface area contributed by atoms with Crippen LogP contribution in [0.1, 0.15) is 32.8 Å². The zero-order valence-corrected chi connectivity index (χ0v) is 17.2. The third-order valence-corrected chi connectivity index (χ3v) is 5.27. The molecule has 8 heteroatoms. The van der Waals surface area contributed by atoms with Gasteiger partial charge in [0.2, 0.25) is 5.95 Å². The van der Waals surface area contributed by atoms with E-state index in [1.54, 1.807) is 10.9 Å². The minimum atomic E-state index is -0.259. The molecule has 0 atom stereocenters. The van der Waals surface area contributed by atoms with Crippen molar-refractivity contribution in [3.8, 4) is 0 Å². The van der Waals surface area contributed by atoms with Crippen LogP contribution in [0.15, 0.2) is 35.3 Å².